The number of carboxylic acids is 1. The van der Waals surface area contributed by atoms with E-state index in [0.29, 0.717) is 21.5 Å². The molecule has 0 aliphatic carbocycles. The number of aromatic nitrogens is 1. The molecule has 0 bridgehead atoms. The van der Waals surface area contributed by atoms with Crippen LogP contribution in [0, 0.1) is 6.92 Å². The molecule has 98 valence electrons. The quantitative estimate of drug-likeness (QED) is 0.923. The van der Waals surface area contributed by atoms with Gasteiger partial charge in [-0.25, -0.2) is 9.78 Å². The van der Waals surface area contributed by atoms with Crippen LogP contribution in [0.4, 0.5) is 0 Å². The predicted molar refractivity (Wildman–Crippen MR) is 72.5 cm³/mol. The van der Waals surface area contributed by atoms with E-state index in [1.54, 1.807) is 19.1 Å². The number of ether oxygens (including phenoxy) is 1. The number of halogens is 2. The zero-order valence-corrected chi connectivity index (χ0v) is 11.4. The number of pyridine rings is 1. The third-order valence-electron chi connectivity index (χ3n) is 2.29. The van der Waals surface area contributed by atoms with Crippen LogP contribution in [0.25, 0.3) is 0 Å². The van der Waals surface area contributed by atoms with E-state index in [0.717, 1.165) is 0 Å². The Balaban J connectivity index is 2.32. The van der Waals surface area contributed by atoms with Crippen LogP contribution in [0.15, 0.2) is 30.3 Å². The maximum Gasteiger partial charge on any atom is 0.335 e. The maximum atomic E-state index is 10.9. The Bertz CT molecular complexity index is 644. The SMILES string of the molecule is Cc1cc(C(=O)O)cc(Oc2ccc(Cl)c(Cl)c2)n1. The lowest BCUT2D eigenvalue weighted by atomic mass is 10.2. The van der Waals surface area contributed by atoms with Crippen LogP contribution in [0.3, 0.4) is 0 Å². The Hall–Kier alpha value is -1.78. The molecule has 0 saturated heterocycles. The summed E-state index contributed by atoms with van der Waals surface area (Å²) in [5.74, 6) is -0.413. The van der Waals surface area contributed by atoms with Gasteiger partial charge < -0.3 is 9.84 Å². The van der Waals surface area contributed by atoms with Crippen molar-refractivity contribution in [2.45, 2.75) is 6.92 Å². The summed E-state index contributed by atoms with van der Waals surface area (Å²) in [5, 5.41) is 9.72. The van der Waals surface area contributed by atoms with Gasteiger partial charge in [-0.1, -0.05) is 23.2 Å². The lowest BCUT2D eigenvalue weighted by molar-refractivity contribution is 0.0696. The van der Waals surface area contributed by atoms with Gasteiger partial charge in [-0.15, -0.1) is 0 Å². The van der Waals surface area contributed by atoms with E-state index in [9.17, 15) is 4.79 Å². The number of aromatic carboxylic acids is 1. The van der Waals surface area contributed by atoms with Crippen molar-refractivity contribution >= 4 is 29.2 Å². The first kappa shape index (κ1) is 13.6. The summed E-state index contributed by atoms with van der Waals surface area (Å²) in [6.07, 6.45) is 0. The Morgan fingerprint density at radius 3 is 2.58 bits per heavy atom. The van der Waals surface area contributed by atoms with Crippen LogP contribution in [-0.4, -0.2) is 16.1 Å². The molecule has 0 unspecified atom stereocenters. The second-order valence-electron chi connectivity index (χ2n) is 3.82. The van der Waals surface area contributed by atoms with Crippen LogP contribution in [0.1, 0.15) is 16.1 Å². The van der Waals surface area contributed by atoms with Gasteiger partial charge >= 0.3 is 5.97 Å². The first-order valence-corrected chi connectivity index (χ1v) is 6.06. The monoisotopic (exact) mass is 297 g/mol. The first-order valence-electron chi connectivity index (χ1n) is 5.30. The number of aryl methyl sites for hydroxylation is 1. The molecule has 0 aliphatic rings. The molecule has 2 aromatic rings. The topological polar surface area (TPSA) is 59.4 Å². The number of nitrogens with zero attached hydrogens (tertiary/aromatic N) is 1. The minimum absolute atomic E-state index is 0.113. The van der Waals surface area contributed by atoms with Gasteiger partial charge in [0.05, 0.1) is 15.6 Å². The summed E-state index contributed by atoms with van der Waals surface area (Å²) in [5.41, 5.74) is 0.664. The van der Waals surface area contributed by atoms with Gasteiger partial charge in [-0.3, -0.25) is 0 Å². The van der Waals surface area contributed by atoms with Crippen molar-refractivity contribution in [1.82, 2.24) is 4.98 Å². The Morgan fingerprint density at radius 1 is 1.21 bits per heavy atom. The van der Waals surface area contributed by atoms with Crippen molar-refractivity contribution in [3.63, 3.8) is 0 Å². The number of carboxylic acid groups (broad SMARTS) is 1. The molecule has 0 radical (unpaired) electrons. The number of hydrogen-bond donors (Lipinski definition) is 1. The van der Waals surface area contributed by atoms with E-state index in [-0.39, 0.29) is 11.4 Å². The van der Waals surface area contributed by atoms with Crippen molar-refractivity contribution in [3.05, 3.63) is 51.6 Å². The number of carbonyl (C=O) groups is 1. The minimum atomic E-state index is -1.04. The third-order valence-corrected chi connectivity index (χ3v) is 3.03. The molecule has 0 atom stereocenters. The van der Waals surface area contributed by atoms with Crippen LogP contribution >= 0.6 is 23.2 Å². The second-order valence-corrected chi connectivity index (χ2v) is 4.63. The molecule has 4 nitrogen and oxygen atoms in total. The lowest BCUT2D eigenvalue weighted by Crippen LogP contribution is -1.99. The Kier molecular flexibility index (Phi) is 3.93. The zero-order valence-electron chi connectivity index (χ0n) is 9.85. The average molecular weight is 298 g/mol. The van der Waals surface area contributed by atoms with Gasteiger partial charge in [0.25, 0.3) is 0 Å². The molecule has 0 amide bonds. The standard InChI is InChI=1S/C13H9Cl2NO3/c1-7-4-8(13(17)18)5-12(16-7)19-9-2-3-10(14)11(15)6-9/h2-6H,1H3,(H,17,18). The normalized spacial score (nSPS) is 10.3. The molecule has 1 aromatic carbocycles. The highest BCUT2D eigenvalue weighted by Gasteiger charge is 2.09. The summed E-state index contributed by atoms with van der Waals surface area (Å²) in [6.45, 7) is 1.69. The minimum Gasteiger partial charge on any atom is -0.478 e. The van der Waals surface area contributed by atoms with Crippen LogP contribution in [0.2, 0.25) is 10.0 Å². The molecule has 1 aromatic heterocycles. The number of hydrogen-bond acceptors (Lipinski definition) is 3. The van der Waals surface area contributed by atoms with E-state index in [4.69, 9.17) is 33.0 Å². The molecule has 6 heteroatoms. The van der Waals surface area contributed by atoms with Gasteiger partial charge in [-0.2, -0.15) is 0 Å². The summed E-state index contributed by atoms with van der Waals surface area (Å²) in [4.78, 5) is 15.0. The van der Waals surface area contributed by atoms with E-state index in [1.165, 1.54) is 18.2 Å². The summed E-state index contributed by atoms with van der Waals surface area (Å²) in [6, 6.07) is 7.56. The van der Waals surface area contributed by atoms with E-state index in [2.05, 4.69) is 4.98 Å². The summed E-state index contributed by atoms with van der Waals surface area (Å²) >= 11 is 11.7. The molecule has 1 heterocycles. The van der Waals surface area contributed by atoms with Crippen molar-refractivity contribution in [2.24, 2.45) is 0 Å². The van der Waals surface area contributed by atoms with Crippen molar-refractivity contribution in [3.8, 4) is 11.6 Å². The van der Waals surface area contributed by atoms with Gasteiger partial charge in [0, 0.05) is 17.8 Å². The average Bonchev–Trinajstić information content (AvgIpc) is 2.33. The second kappa shape index (κ2) is 5.47. The predicted octanol–water partition coefficient (Wildman–Crippen LogP) is 4.19. The summed E-state index contributed by atoms with van der Waals surface area (Å²) < 4.78 is 5.47. The highest BCUT2D eigenvalue weighted by Crippen LogP contribution is 2.29. The molecular formula is C13H9Cl2NO3. The largest absolute Gasteiger partial charge is 0.478 e. The molecule has 0 aliphatic heterocycles. The molecule has 0 spiro atoms. The number of rotatable bonds is 3. The fourth-order valence-electron chi connectivity index (χ4n) is 1.47. The van der Waals surface area contributed by atoms with Gasteiger partial charge in [0.1, 0.15) is 5.75 Å². The highest BCUT2D eigenvalue weighted by molar-refractivity contribution is 6.42. The van der Waals surface area contributed by atoms with E-state index >= 15 is 0 Å². The van der Waals surface area contributed by atoms with Crippen LogP contribution in [-0.2, 0) is 0 Å². The molecule has 2 rings (SSSR count). The zero-order chi connectivity index (χ0) is 14.0. The molecule has 0 fully saturated rings. The Labute approximate surface area is 119 Å². The maximum absolute atomic E-state index is 10.9. The third kappa shape index (κ3) is 3.36. The van der Waals surface area contributed by atoms with Crippen molar-refractivity contribution in [2.75, 3.05) is 0 Å². The smallest absolute Gasteiger partial charge is 0.335 e. The first-order chi connectivity index (χ1) is 8.95. The Morgan fingerprint density at radius 2 is 1.95 bits per heavy atom. The van der Waals surface area contributed by atoms with Gasteiger partial charge in [0.2, 0.25) is 5.88 Å². The van der Waals surface area contributed by atoms with Gasteiger partial charge in [-0.05, 0) is 25.1 Å². The van der Waals surface area contributed by atoms with Crippen molar-refractivity contribution < 1.29 is 14.6 Å². The van der Waals surface area contributed by atoms with E-state index in [1.807, 2.05) is 0 Å². The fraction of sp³-hybridized carbons (Fsp3) is 0.0769. The van der Waals surface area contributed by atoms with Gasteiger partial charge in [0.15, 0.2) is 0 Å². The summed E-state index contributed by atoms with van der Waals surface area (Å²) in [7, 11) is 0. The van der Waals surface area contributed by atoms with Crippen LogP contribution < -0.4 is 4.74 Å². The molecule has 0 saturated carbocycles. The highest BCUT2D eigenvalue weighted by atomic mass is 35.5. The van der Waals surface area contributed by atoms with Crippen LogP contribution in [0.5, 0.6) is 11.6 Å². The number of benzene rings is 1. The molecule has 1 N–H and O–H groups in total. The fourth-order valence-corrected chi connectivity index (χ4v) is 1.76. The van der Waals surface area contributed by atoms with Crippen molar-refractivity contribution in [1.29, 1.82) is 0 Å². The lowest BCUT2D eigenvalue weighted by Gasteiger charge is -2.07. The molecule has 19 heavy (non-hydrogen) atoms. The van der Waals surface area contributed by atoms with E-state index < -0.39 is 5.97 Å². The molecular weight excluding hydrogens is 289 g/mol.